The standard InChI is InChI=1S/C20H32N4O3S/c1-3-19(25)24-13-11-18(15-24)23-20(21-4-2)22-12-8-14-28(26,27)16-17-9-6-5-7-10-17/h5-7,9-10,18H,3-4,8,11-16H2,1-2H3,(H2,21,22,23). The number of likely N-dealkylation sites (tertiary alicyclic amines) is 1. The van der Waals surface area contributed by atoms with Gasteiger partial charge < -0.3 is 15.5 Å². The molecule has 7 nitrogen and oxygen atoms in total. The maximum atomic E-state index is 12.3. The maximum absolute atomic E-state index is 12.3. The Morgan fingerprint density at radius 2 is 2.00 bits per heavy atom. The minimum atomic E-state index is -3.14. The Bertz CT molecular complexity index is 750. The van der Waals surface area contributed by atoms with E-state index in [9.17, 15) is 13.2 Å². The summed E-state index contributed by atoms with van der Waals surface area (Å²) in [5, 5.41) is 6.55. The normalized spacial score (nSPS) is 17.6. The van der Waals surface area contributed by atoms with Gasteiger partial charge in [0.1, 0.15) is 0 Å². The number of carbonyl (C=O) groups is 1. The average molecular weight is 409 g/mol. The summed E-state index contributed by atoms with van der Waals surface area (Å²) in [5.74, 6) is 1.04. The monoisotopic (exact) mass is 408 g/mol. The number of hydrogen-bond acceptors (Lipinski definition) is 4. The quantitative estimate of drug-likeness (QED) is 0.368. The van der Waals surface area contributed by atoms with Crippen LogP contribution in [0.5, 0.6) is 0 Å². The average Bonchev–Trinajstić information content (AvgIpc) is 3.13. The fourth-order valence-corrected chi connectivity index (χ4v) is 4.63. The Hall–Kier alpha value is -2.09. The molecule has 2 N–H and O–H groups in total. The van der Waals surface area contributed by atoms with E-state index >= 15 is 0 Å². The third kappa shape index (κ3) is 7.50. The highest BCUT2D eigenvalue weighted by Gasteiger charge is 2.25. The smallest absolute Gasteiger partial charge is 0.222 e. The highest BCUT2D eigenvalue weighted by Crippen LogP contribution is 2.10. The van der Waals surface area contributed by atoms with Crippen molar-refractivity contribution >= 4 is 21.7 Å². The van der Waals surface area contributed by atoms with Gasteiger partial charge >= 0.3 is 0 Å². The number of nitrogens with one attached hydrogen (secondary N) is 2. The third-order valence-electron chi connectivity index (χ3n) is 4.64. The van der Waals surface area contributed by atoms with Crippen LogP contribution in [-0.4, -0.2) is 63.2 Å². The second kappa shape index (κ2) is 11.0. The molecule has 8 heteroatoms. The molecule has 1 aliphatic rings. The van der Waals surface area contributed by atoms with Crippen molar-refractivity contribution in [3.63, 3.8) is 0 Å². The van der Waals surface area contributed by atoms with Crippen molar-refractivity contribution in [1.82, 2.24) is 15.5 Å². The Morgan fingerprint density at radius 1 is 1.25 bits per heavy atom. The zero-order chi connectivity index (χ0) is 20.4. The molecule has 0 aromatic heterocycles. The first-order chi connectivity index (χ1) is 13.4. The molecule has 1 aromatic carbocycles. The van der Waals surface area contributed by atoms with E-state index in [2.05, 4.69) is 15.6 Å². The molecule has 1 fully saturated rings. The predicted octanol–water partition coefficient (Wildman–Crippen LogP) is 1.56. The first kappa shape index (κ1) is 22.2. The Morgan fingerprint density at radius 3 is 2.68 bits per heavy atom. The third-order valence-corrected chi connectivity index (χ3v) is 6.33. The lowest BCUT2D eigenvalue weighted by molar-refractivity contribution is -0.129. The van der Waals surface area contributed by atoms with Gasteiger partial charge in [-0.15, -0.1) is 0 Å². The van der Waals surface area contributed by atoms with Crippen LogP contribution in [0, 0.1) is 0 Å². The van der Waals surface area contributed by atoms with Crippen LogP contribution in [0.1, 0.15) is 38.7 Å². The van der Waals surface area contributed by atoms with Gasteiger partial charge in [0.2, 0.25) is 5.91 Å². The van der Waals surface area contributed by atoms with E-state index in [4.69, 9.17) is 0 Å². The molecule has 0 aliphatic carbocycles. The van der Waals surface area contributed by atoms with Crippen LogP contribution < -0.4 is 10.6 Å². The molecule has 1 aliphatic heterocycles. The molecule has 1 amide bonds. The van der Waals surface area contributed by atoms with Crippen LogP contribution in [0.4, 0.5) is 0 Å². The van der Waals surface area contributed by atoms with Gasteiger partial charge in [-0.1, -0.05) is 37.3 Å². The fraction of sp³-hybridized carbons (Fsp3) is 0.600. The number of carbonyl (C=O) groups excluding carboxylic acids is 1. The number of benzene rings is 1. The lowest BCUT2D eigenvalue weighted by atomic mass is 10.2. The van der Waals surface area contributed by atoms with E-state index in [-0.39, 0.29) is 23.5 Å². The highest BCUT2D eigenvalue weighted by molar-refractivity contribution is 7.90. The van der Waals surface area contributed by atoms with Crippen molar-refractivity contribution in [3.05, 3.63) is 35.9 Å². The Kier molecular flexibility index (Phi) is 8.76. The number of amides is 1. The second-order valence-electron chi connectivity index (χ2n) is 7.02. The highest BCUT2D eigenvalue weighted by atomic mass is 32.2. The molecule has 2 rings (SSSR count). The molecule has 0 saturated carbocycles. The minimum Gasteiger partial charge on any atom is -0.357 e. The van der Waals surface area contributed by atoms with Crippen molar-refractivity contribution in [2.75, 3.05) is 31.9 Å². The number of nitrogens with zero attached hydrogens (tertiary/aromatic N) is 2. The van der Waals surface area contributed by atoms with Crippen LogP contribution >= 0.6 is 0 Å². The molecule has 0 radical (unpaired) electrons. The summed E-state index contributed by atoms with van der Waals surface area (Å²) in [4.78, 5) is 18.2. The lowest BCUT2D eigenvalue weighted by Gasteiger charge is -2.18. The molecule has 0 bridgehead atoms. The van der Waals surface area contributed by atoms with Crippen molar-refractivity contribution in [1.29, 1.82) is 0 Å². The van der Waals surface area contributed by atoms with Crippen LogP contribution in [0.25, 0.3) is 0 Å². The Balaban J connectivity index is 1.80. The molecule has 28 heavy (non-hydrogen) atoms. The molecular weight excluding hydrogens is 376 g/mol. The van der Waals surface area contributed by atoms with Gasteiger partial charge in [0.25, 0.3) is 0 Å². The maximum Gasteiger partial charge on any atom is 0.222 e. The summed E-state index contributed by atoms with van der Waals surface area (Å²) in [6.45, 7) is 6.48. The van der Waals surface area contributed by atoms with Gasteiger partial charge in [-0.3, -0.25) is 9.79 Å². The van der Waals surface area contributed by atoms with Crippen LogP contribution in [0.15, 0.2) is 35.3 Å². The van der Waals surface area contributed by atoms with Crippen molar-refractivity contribution in [2.24, 2.45) is 4.99 Å². The first-order valence-corrected chi connectivity index (χ1v) is 11.8. The summed E-state index contributed by atoms with van der Waals surface area (Å²) < 4.78 is 24.5. The van der Waals surface area contributed by atoms with Gasteiger partial charge in [0.05, 0.1) is 11.5 Å². The van der Waals surface area contributed by atoms with E-state index in [1.807, 2.05) is 49.1 Å². The van der Waals surface area contributed by atoms with Gasteiger partial charge in [-0.2, -0.15) is 0 Å². The molecular formula is C20H32N4O3S. The van der Waals surface area contributed by atoms with Gasteiger partial charge in [-0.05, 0) is 25.3 Å². The van der Waals surface area contributed by atoms with Crippen molar-refractivity contribution in [3.8, 4) is 0 Å². The summed E-state index contributed by atoms with van der Waals surface area (Å²) in [5.41, 5.74) is 0.813. The van der Waals surface area contributed by atoms with Crippen molar-refractivity contribution in [2.45, 2.75) is 44.9 Å². The summed E-state index contributed by atoms with van der Waals surface area (Å²) >= 11 is 0. The number of hydrogen-bond donors (Lipinski definition) is 2. The molecule has 1 unspecified atom stereocenters. The van der Waals surface area contributed by atoms with E-state index in [1.165, 1.54) is 0 Å². The summed E-state index contributed by atoms with van der Waals surface area (Å²) in [7, 11) is -3.14. The van der Waals surface area contributed by atoms with Crippen molar-refractivity contribution < 1.29 is 13.2 Å². The predicted molar refractivity (Wildman–Crippen MR) is 113 cm³/mol. The number of guanidine groups is 1. The minimum absolute atomic E-state index is 0.0687. The Labute approximate surface area is 168 Å². The van der Waals surface area contributed by atoms with Gasteiger partial charge in [0.15, 0.2) is 15.8 Å². The molecule has 0 spiro atoms. The number of aliphatic imine (C=N–C) groups is 1. The molecule has 156 valence electrons. The number of sulfone groups is 1. The largest absolute Gasteiger partial charge is 0.357 e. The van der Waals surface area contributed by atoms with Crippen LogP contribution in [0.2, 0.25) is 0 Å². The van der Waals surface area contributed by atoms with Gasteiger partial charge in [-0.25, -0.2) is 8.42 Å². The summed E-state index contributed by atoms with van der Waals surface area (Å²) in [6.07, 6.45) is 1.90. The van der Waals surface area contributed by atoms with Gasteiger partial charge in [0, 0.05) is 38.6 Å². The zero-order valence-electron chi connectivity index (χ0n) is 16.9. The SMILES string of the molecule is CCNC(=NCCCS(=O)(=O)Cc1ccccc1)NC1CCN(C(=O)CC)C1. The van der Waals surface area contributed by atoms with E-state index in [0.29, 0.717) is 31.9 Å². The van der Waals surface area contributed by atoms with E-state index in [1.54, 1.807) is 0 Å². The lowest BCUT2D eigenvalue weighted by Crippen LogP contribution is -2.45. The topological polar surface area (TPSA) is 90.9 Å². The van der Waals surface area contributed by atoms with Crippen LogP contribution in [0.3, 0.4) is 0 Å². The number of rotatable bonds is 9. The zero-order valence-corrected chi connectivity index (χ0v) is 17.7. The van der Waals surface area contributed by atoms with Crippen LogP contribution in [-0.2, 0) is 20.4 Å². The second-order valence-corrected chi connectivity index (χ2v) is 9.20. The molecule has 1 heterocycles. The van der Waals surface area contributed by atoms with E-state index in [0.717, 1.165) is 25.1 Å². The summed E-state index contributed by atoms with van der Waals surface area (Å²) in [6, 6.07) is 9.41. The van der Waals surface area contributed by atoms with E-state index < -0.39 is 9.84 Å². The molecule has 1 aromatic rings. The first-order valence-electron chi connectivity index (χ1n) is 10.0. The molecule has 1 saturated heterocycles. The fourth-order valence-electron chi connectivity index (χ4n) is 3.22. The molecule has 1 atom stereocenters.